The molecule has 4 heteroatoms. The van der Waals surface area contributed by atoms with E-state index < -0.39 is 0 Å². The van der Waals surface area contributed by atoms with Gasteiger partial charge >= 0.3 is 0 Å². The lowest BCUT2D eigenvalue weighted by Gasteiger charge is -2.15. The summed E-state index contributed by atoms with van der Waals surface area (Å²) in [4.78, 5) is 0. The molecule has 1 heterocycles. The van der Waals surface area contributed by atoms with Gasteiger partial charge in [0.1, 0.15) is 11.2 Å². The van der Waals surface area contributed by atoms with Gasteiger partial charge in [0, 0.05) is 17.3 Å². The summed E-state index contributed by atoms with van der Waals surface area (Å²) in [5.41, 5.74) is 2.87. The van der Waals surface area contributed by atoms with Gasteiger partial charge in [-0.3, -0.25) is 0 Å². The Kier molecular flexibility index (Phi) is 3.94. The van der Waals surface area contributed by atoms with Crippen LogP contribution in [0.4, 0.5) is 0 Å². The summed E-state index contributed by atoms with van der Waals surface area (Å²) in [5.74, 6) is 0. The van der Waals surface area contributed by atoms with Gasteiger partial charge in [0.2, 0.25) is 0 Å². The maximum Gasteiger partial charge on any atom is 0.136 e. The van der Waals surface area contributed by atoms with Crippen LogP contribution in [0.1, 0.15) is 5.56 Å². The molecule has 0 aliphatic carbocycles. The van der Waals surface area contributed by atoms with Crippen LogP contribution in [0.2, 0.25) is 0 Å². The molecule has 0 radical (unpaired) electrons. The Morgan fingerprint density at radius 1 is 0.833 bits per heavy atom. The van der Waals surface area contributed by atoms with E-state index in [0.29, 0.717) is 6.54 Å². The number of hydrogen-bond donors (Lipinski definition) is 3. The van der Waals surface area contributed by atoms with Crippen molar-refractivity contribution in [1.29, 1.82) is 0 Å². The van der Waals surface area contributed by atoms with Crippen LogP contribution >= 0.6 is 0 Å². The first-order valence-corrected chi connectivity index (χ1v) is 8.09. The van der Waals surface area contributed by atoms with Crippen molar-refractivity contribution >= 4 is 32.7 Å². The van der Waals surface area contributed by atoms with Gasteiger partial charge in [-0.15, -0.1) is 0 Å². The van der Waals surface area contributed by atoms with Crippen molar-refractivity contribution in [3.8, 4) is 0 Å². The molecule has 0 saturated carbocycles. The molecule has 4 aromatic rings. The third-order valence-corrected chi connectivity index (χ3v) is 4.49. The van der Waals surface area contributed by atoms with E-state index in [1.165, 1.54) is 0 Å². The molecule has 0 spiro atoms. The normalized spacial score (nSPS) is 12.0. The van der Waals surface area contributed by atoms with Crippen LogP contribution in [0.15, 0.2) is 59.0 Å². The van der Waals surface area contributed by atoms with Crippen molar-refractivity contribution in [3.05, 3.63) is 60.2 Å². The monoisotopic (exact) mass is 321 g/mol. The summed E-state index contributed by atoms with van der Waals surface area (Å²) < 4.78 is 5.98. The highest BCUT2D eigenvalue weighted by Crippen LogP contribution is 2.36. The molecule has 0 aliphatic heterocycles. The van der Waals surface area contributed by atoms with Crippen molar-refractivity contribution in [2.75, 3.05) is 13.2 Å². The van der Waals surface area contributed by atoms with E-state index in [1.807, 2.05) is 30.3 Å². The highest BCUT2D eigenvalue weighted by atomic mass is 16.3. The van der Waals surface area contributed by atoms with Crippen LogP contribution in [0.25, 0.3) is 32.7 Å². The van der Waals surface area contributed by atoms with Crippen LogP contribution in [0.5, 0.6) is 0 Å². The molecule has 0 aliphatic rings. The number of fused-ring (bicyclic) bond motifs is 5. The first-order valence-electron chi connectivity index (χ1n) is 8.09. The lowest BCUT2D eigenvalue weighted by molar-refractivity contribution is 0.170. The fourth-order valence-electron chi connectivity index (χ4n) is 3.26. The predicted molar refractivity (Wildman–Crippen MR) is 96.0 cm³/mol. The van der Waals surface area contributed by atoms with Crippen LogP contribution in [-0.4, -0.2) is 29.5 Å². The van der Waals surface area contributed by atoms with Gasteiger partial charge in [0.05, 0.1) is 19.3 Å². The minimum atomic E-state index is -0.319. The quantitative estimate of drug-likeness (QED) is 0.528. The Labute approximate surface area is 139 Å². The molecule has 3 aromatic carbocycles. The van der Waals surface area contributed by atoms with Gasteiger partial charge in [-0.05, 0) is 28.5 Å². The Morgan fingerprint density at radius 3 is 2.50 bits per heavy atom. The minimum absolute atomic E-state index is 0.0919. The molecule has 122 valence electrons. The Balaban J connectivity index is 1.93. The Bertz CT molecular complexity index is 1000. The average molecular weight is 321 g/mol. The average Bonchev–Trinajstić information content (AvgIpc) is 3.01. The standard InChI is InChI=1S/C20H19NO3/c22-11-15(12-23)21-10-14-5-3-4-13-8-9-18-20(19(13)14)16-6-1-2-7-17(16)24-18/h1-9,15,21-23H,10-12H2. The van der Waals surface area contributed by atoms with Crippen LogP contribution in [-0.2, 0) is 6.54 Å². The Hall–Kier alpha value is -2.40. The summed E-state index contributed by atoms with van der Waals surface area (Å²) in [5, 5.41) is 26.2. The third-order valence-electron chi connectivity index (χ3n) is 4.49. The number of aliphatic hydroxyl groups is 2. The summed E-state index contributed by atoms with van der Waals surface area (Å²) in [6.45, 7) is 0.387. The molecule has 4 nitrogen and oxygen atoms in total. The summed E-state index contributed by atoms with van der Waals surface area (Å²) in [6, 6.07) is 18.0. The maximum atomic E-state index is 9.26. The molecule has 0 saturated heterocycles. The topological polar surface area (TPSA) is 65.6 Å². The van der Waals surface area contributed by atoms with Gasteiger partial charge < -0.3 is 19.9 Å². The highest BCUT2D eigenvalue weighted by molar-refractivity contribution is 6.19. The zero-order valence-electron chi connectivity index (χ0n) is 13.2. The first-order chi connectivity index (χ1) is 11.8. The molecular formula is C20H19NO3. The maximum absolute atomic E-state index is 9.26. The van der Waals surface area contributed by atoms with Gasteiger partial charge in [-0.2, -0.15) is 0 Å². The van der Waals surface area contributed by atoms with Crippen molar-refractivity contribution in [3.63, 3.8) is 0 Å². The second-order valence-electron chi connectivity index (χ2n) is 6.00. The molecule has 1 aromatic heterocycles. The zero-order valence-corrected chi connectivity index (χ0v) is 13.2. The van der Waals surface area contributed by atoms with Gasteiger partial charge in [0.25, 0.3) is 0 Å². The van der Waals surface area contributed by atoms with Crippen LogP contribution < -0.4 is 5.32 Å². The molecule has 24 heavy (non-hydrogen) atoms. The minimum Gasteiger partial charge on any atom is -0.456 e. The smallest absolute Gasteiger partial charge is 0.136 e. The van der Waals surface area contributed by atoms with E-state index in [1.54, 1.807) is 0 Å². The van der Waals surface area contributed by atoms with E-state index in [2.05, 4.69) is 29.6 Å². The predicted octanol–water partition coefficient (Wildman–Crippen LogP) is 3.18. The molecule has 0 amide bonds. The molecule has 0 unspecified atom stereocenters. The number of rotatable bonds is 5. The first kappa shape index (κ1) is 15.1. The summed E-state index contributed by atoms with van der Waals surface area (Å²) in [6.07, 6.45) is 0. The van der Waals surface area contributed by atoms with E-state index in [4.69, 9.17) is 4.42 Å². The molecule has 0 bridgehead atoms. The summed E-state index contributed by atoms with van der Waals surface area (Å²) >= 11 is 0. The Morgan fingerprint density at radius 2 is 1.67 bits per heavy atom. The number of nitrogens with one attached hydrogen (secondary N) is 1. The van der Waals surface area contributed by atoms with Crippen molar-refractivity contribution in [2.45, 2.75) is 12.6 Å². The second kappa shape index (κ2) is 6.24. The number of para-hydroxylation sites is 1. The summed E-state index contributed by atoms with van der Waals surface area (Å²) in [7, 11) is 0. The fraction of sp³-hybridized carbons (Fsp3) is 0.200. The van der Waals surface area contributed by atoms with Crippen molar-refractivity contribution in [2.24, 2.45) is 0 Å². The largest absolute Gasteiger partial charge is 0.456 e. The SMILES string of the molecule is OCC(CO)NCc1cccc2ccc3oc4ccccc4c3c12. The molecule has 0 fully saturated rings. The van der Waals surface area contributed by atoms with Gasteiger partial charge in [-0.1, -0.05) is 42.5 Å². The molecule has 4 rings (SSSR count). The highest BCUT2D eigenvalue weighted by Gasteiger charge is 2.13. The fourth-order valence-corrected chi connectivity index (χ4v) is 3.26. The van der Waals surface area contributed by atoms with Gasteiger partial charge in [-0.25, -0.2) is 0 Å². The van der Waals surface area contributed by atoms with Crippen LogP contribution in [0, 0.1) is 0 Å². The third kappa shape index (κ3) is 2.45. The second-order valence-corrected chi connectivity index (χ2v) is 6.00. The van der Waals surface area contributed by atoms with Gasteiger partial charge in [0.15, 0.2) is 0 Å². The van der Waals surface area contributed by atoms with E-state index in [0.717, 1.165) is 38.3 Å². The lowest BCUT2D eigenvalue weighted by Crippen LogP contribution is -2.35. The van der Waals surface area contributed by atoms with Crippen LogP contribution in [0.3, 0.4) is 0 Å². The van der Waals surface area contributed by atoms with E-state index in [-0.39, 0.29) is 19.3 Å². The number of benzene rings is 3. The van der Waals surface area contributed by atoms with E-state index in [9.17, 15) is 10.2 Å². The molecular weight excluding hydrogens is 302 g/mol. The lowest BCUT2D eigenvalue weighted by atomic mass is 9.98. The van der Waals surface area contributed by atoms with E-state index >= 15 is 0 Å². The number of hydrogen-bond acceptors (Lipinski definition) is 4. The number of aliphatic hydroxyl groups excluding tert-OH is 2. The zero-order chi connectivity index (χ0) is 16.5. The molecule has 3 N–H and O–H groups in total. The van der Waals surface area contributed by atoms with Crippen molar-refractivity contribution in [1.82, 2.24) is 5.32 Å². The number of furan rings is 1. The van der Waals surface area contributed by atoms with Crippen molar-refractivity contribution < 1.29 is 14.6 Å². The molecule has 0 atom stereocenters.